The lowest BCUT2D eigenvalue weighted by Gasteiger charge is -2.49. The van der Waals surface area contributed by atoms with Crippen LogP contribution in [0.2, 0.25) is 0 Å². The summed E-state index contributed by atoms with van der Waals surface area (Å²) in [6, 6.07) is -4.77. The Balaban J connectivity index is 1.43. The molecule has 4 heterocycles. The van der Waals surface area contributed by atoms with Gasteiger partial charge in [-0.25, -0.2) is 0 Å². The number of hydrogen-bond acceptors (Lipinski definition) is 20. The minimum Gasteiger partial charge on any atom is -0.394 e. The Hall–Kier alpha value is -0.800. The monoisotopic (exact) mass is 674 g/mol. The van der Waals surface area contributed by atoms with Crippen molar-refractivity contribution in [3.05, 3.63) is 0 Å². The van der Waals surface area contributed by atoms with Crippen molar-refractivity contribution < 1.29 is 78.7 Å². The van der Waals surface area contributed by atoms with Crippen molar-refractivity contribution in [3.63, 3.8) is 0 Å². The van der Waals surface area contributed by atoms with Crippen LogP contribution >= 0.6 is 0 Å². The molecule has 0 radical (unpaired) electrons. The molecule has 20 atom stereocenters. The van der Waals surface area contributed by atoms with E-state index in [1.807, 2.05) is 0 Å². The molecule has 16 N–H and O–H groups in total. The quantitative estimate of drug-likeness (QED) is 0.0967. The Morgan fingerprint density at radius 3 is 1.09 bits per heavy atom. The van der Waals surface area contributed by atoms with E-state index in [2.05, 4.69) is 0 Å². The Kier molecular flexibility index (Phi) is 13.4. The minimum absolute atomic E-state index is 0.524. The van der Waals surface area contributed by atoms with Gasteiger partial charge in [0, 0.05) is 7.11 Å². The van der Waals surface area contributed by atoms with E-state index in [9.17, 15) is 40.9 Å². The third kappa shape index (κ3) is 7.51. The molecule has 20 heteroatoms. The van der Waals surface area contributed by atoms with Crippen molar-refractivity contribution in [1.29, 1.82) is 0 Å². The summed E-state index contributed by atoms with van der Waals surface area (Å²) in [7, 11) is 1.31. The van der Waals surface area contributed by atoms with Crippen molar-refractivity contribution in [2.75, 3.05) is 33.5 Å². The van der Waals surface area contributed by atoms with Crippen LogP contribution in [0.3, 0.4) is 0 Å². The van der Waals surface area contributed by atoms with Gasteiger partial charge in [-0.1, -0.05) is 0 Å². The second kappa shape index (κ2) is 16.3. The fourth-order valence-corrected chi connectivity index (χ4v) is 6.20. The summed E-state index contributed by atoms with van der Waals surface area (Å²) in [4.78, 5) is 0. The highest BCUT2D eigenvalue weighted by molar-refractivity contribution is 5.00. The molecule has 0 amide bonds. The number of ether oxygens (including phenoxy) is 8. The van der Waals surface area contributed by atoms with E-state index in [0.29, 0.717) is 0 Å². The summed E-state index contributed by atoms with van der Waals surface area (Å²) in [6.45, 7) is -0.875. The number of hydrogen-bond donors (Lipinski definition) is 12. The normalized spacial score (nSPS) is 52.0. The number of aliphatic hydroxyl groups is 8. The average Bonchev–Trinajstić information content (AvgIpc) is 3.05. The van der Waals surface area contributed by atoms with Gasteiger partial charge in [-0.3, -0.25) is 0 Å². The van der Waals surface area contributed by atoms with Crippen LogP contribution in [0.1, 0.15) is 6.92 Å². The van der Waals surface area contributed by atoms with Gasteiger partial charge in [-0.2, -0.15) is 0 Å². The molecule has 0 aromatic heterocycles. The fourth-order valence-electron chi connectivity index (χ4n) is 6.20. The summed E-state index contributed by atoms with van der Waals surface area (Å²) in [5, 5.41) is 83.1. The molecule has 0 bridgehead atoms. The summed E-state index contributed by atoms with van der Waals surface area (Å²) >= 11 is 0. The van der Waals surface area contributed by atoms with Crippen LogP contribution in [0, 0.1) is 0 Å². The summed E-state index contributed by atoms with van der Waals surface area (Å²) in [5.74, 6) is 0. The molecule has 0 aliphatic carbocycles. The molecular weight excluding hydrogens is 624 g/mol. The van der Waals surface area contributed by atoms with E-state index in [0.717, 1.165) is 0 Å². The van der Waals surface area contributed by atoms with E-state index in [1.165, 1.54) is 7.11 Å². The lowest BCUT2D eigenvalue weighted by molar-refractivity contribution is -0.356. The maximum atomic E-state index is 11.1. The molecule has 0 spiro atoms. The predicted octanol–water partition coefficient (Wildman–Crippen LogP) is -8.16. The van der Waals surface area contributed by atoms with Gasteiger partial charge in [0.2, 0.25) is 0 Å². The molecule has 0 saturated carbocycles. The highest BCUT2D eigenvalue weighted by Gasteiger charge is 2.54. The molecule has 4 fully saturated rings. The van der Waals surface area contributed by atoms with E-state index >= 15 is 0 Å². The van der Waals surface area contributed by atoms with E-state index in [-0.39, 0.29) is 0 Å². The lowest BCUT2D eigenvalue weighted by Crippen LogP contribution is -2.70. The van der Waals surface area contributed by atoms with Gasteiger partial charge < -0.3 is 102 Å². The molecule has 0 aromatic rings. The minimum atomic E-state index is -1.59. The second-order valence-corrected chi connectivity index (χ2v) is 12.0. The maximum absolute atomic E-state index is 11.1. The first-order valence-electron chi connectivity index (χ1n) is 15.1. The Labute approximate surface area is 264 Å². The molecule has 0 aromatic carbocycles. The Morgan fingerprint density at radius 2 is 0.761 bits per heavy atom. The van der Waals surface area contributed by atoms with Gasteiger partial charge in [0.15, 0.2) is 18.9 Å². The van der Waals surface area contributed by atoms with Crippen molar-refractivity contribution in [1.82, 2.24) is 0 Å². The molecule has 46 heavy (non-hydrogen) atoms. The number of aliphatic hydroxyl groups excluding tert-OH is 8. The van der Waals surface area contributed by atoms with Crippen LogP contribution in [0.4, 0.5) is 0 Å². The lowest BCUT2D eigenvalue weighted by atomic mass is 9.93. The molecule has 4 aliphatic rings. The summed E-state index contributed by atoms with van der Waals surface area (Å²) in [6.07, 6.45) is -20.2. The van der Waals surface area contributed by atoms with Crippen LogP contribution in [-0.2, 0) is 37.9 Å². The topological polar surface area (TPSA) is 340 Å². The first-order valence-corrected chi connectivity index (χ1v) is 15.1. The number of rotatable bonds is 11. The summed E-state index contributed by atoms with van der Waals surface area (Å²) in [5.41, 5.74) is 24.5. The first kappa shape index (κ1) is 38.0. The van der Waals surface area contributed by atoms with Crippen molar-refractivity contribution in [2.24, 2.45) is 22.9 Å². The van der Waals surface area contributed by atoms with Crippen LogP contribution in [0.25, 0.3) is 0 Å². The maximum Gasteiger partial charge on any atom is 0.176 e. The van der Waals surface area contributed by atoms with Crippen LogP contribution in [0.5, 0.6) is 0 Å². The van der Waals surface area contributed by atoms with Gasteiger partial charge in [0.05, 0.1) is 56.7 Å². The third-order valence-corrected chi connectivity index (χ3v) is 9.06. The number of methoxy groups -OCH3 is 1. The Bertz CT molecular complexity index is 940. The molecular formula is C26H50N4O16. The van der Waals surface area contributed by atoms with E-state index in [4.69, 9.17) is 60.8 Å². The number of nitrogens with two attached hydrogens (primary N) is 4. The van der Waals surface area contributed by atoms with Gasteiger partial charge >= 0.3 is 0 Å². The van der Waals surface area contributed by atoms with Crippen molar-refractivity contribution in [2.45, 2.75) is 129 Å². The molecule has 11 unspecified atom stereocenters. The molecule has 4 aliphatic heterocycles. The average molecular weight is 675 g/mol. The van der Waals surface area contributed by atoms with Crippen molar-refractivity contribution >= 4 is 0 Å². The van der Waals surface area contributed by atoms with Crippen LogP contribution in [-0.4, -0.2) is 197 Å². The van der Waals surface area contributed by atoms with Crippen LogP contribution < -0.4 is 22.9 Å². The smallest absolute Gasteiger partial charge is 0.176 e. The van der Waals surface area contributed by atoms with Gasteiger partial charge in [-0.15, -0.1) is 0 Å². The molecule has 4 saturated heterocycles. The molecule has 4 rings (SSSR count). The van der Waals surface area contributed by atoms with Gasteiger partial charge in [-0.05, 0) is 6.92 Å². The highest BCUT2D eigenvalue weighted by Crippen LogP contribution is 2.33. The third-order valence-electron chi connectivity index (χ3n) is 9.06. The van der Waals surface area contributed by atoms with E-state index < -0.39 is 149 Å². The van der Waals surface area contributed by atoms with Crippen molar-refractivity contribution in [3.8, 4) is 0 Å². The molecule has 20 nitrogen and oxygen atoms in total. The van der Waals surface area contributed by atoms with Gasteiger partial charge in [0.25, 0.3) is 0 Å². The predicted molar refractivity (Wildman–Crippen MR) is 150 cm³/mol. The zero-order valence-electron chi connectivity index (χ0n) is 25.5. The zero-order chi connectivity index (χ0) is 34.0. The fraction of sp³-hybridized carbons (Fsp3) is 1.00. The Morgan fingerprint density at radius 1 is 0.478 bits per heavy atom. The van der Waals surface area contributed by atoms with Crippen LogP contribution in [0.15, 0.2) is 0 Å². The van der Waals surface area contributed by atoms with E-state index in [1.54, 1.807) is 6.92 Å². The largest absolute Gasteiger partial charge is 0.394 e. The molecule has 270 valence electrons. The highest BCUT2D eigenvalue weighted by atomic mass is 16.8. The first-order chi connectivity index (χ1) is 21.8. The SMILES string of the molecule is CO[C@@H]1C(CO)O[C@@H](O[C@@H]2C(CO)O[C@@H](O[C@@H]3C(CO)O[C@@H](O[C@@H]4C(CO)O[C@@H](C)C(N)C4O)C(N)C3O)C(N)C2O)[C@@H](N)C1O. The standard InChI is InChI=1S/C26H50N4O16/c1-7-12(27)16(35)21(9(4-32)40-7)44-25-14(29)18(37)23(11(6-34)42-25)46-26-15(30)19(38)22(10(5-33)43-26)45-24-13(28)17(36)20(39-2)8(3-31)41-24/h7-26,31-38H,3-6,27-30H2,1-2H3/t7-,8?,9?,10?,11?,12?,13-,14?,15?,16?,17?,18?,19?,20+,21+,22+,23+,24-,25-,26-/m0/s1. The zero-order valence-corrected chi connectivity index (χ0v) is 25.5. The van der Waals surface area contributed by atoms with Gasteiger partial charge in [0.1, 0.15) is 73.2 Å². The second-order valence-electron chi connectivity index (χ2n) is 12.0. The summed E-state index contributed by atoms with van der Waals surface area (Å²) < 4.78 is 45.5.